The van der Waals surface area contributed by atoms with Gasteiger partial charge in [0, 0.05) is 5.56 Å². The van der Waals surface area contributed by atoms with E-state index in [0.29, 0.717) is 0 Å². The van der Waals surface area contributed by atoms with Crippen LogP contribution in [0.15, 0.2) is 12.1 Å². The first-order chi connectivity index (χ1) is 9.15. The fraction of sp³-hybridized carbons (Fsp3) is 0.500. The minimum atomic E-state index is -4.55. The van der Waals surface area contributed by atoms with Gasteiger partial charge in [0.15, 0.2) is 0 Å². The molecular weight excluding hydrogens is 316 g/mol. The second kappa shape index (κ2) is 6.18. The second-order valence-corrected chi connectivity index (χ2v) is 5.02. The van der Waals surface area contributed by atoms with Crippen molar-refractivity contribution >= 4 is 29.1 Å². The molecule has 0 spiro atoms. The molecule has 3 nitrogen and oxygen atoms in total. The van der Waals surface area contributed by atoms with Crippen molar-refractivity contribution in [2.45, 2.75) is 38.4 Å². The highest BCUT2D eigenvalue weighted by molar-refractivity contribution is 6.33. The molecule has 0 unspecified atom stereocenters. The number of nitrogens with zero attached hydrogens (tertiary/aromatic N) is 1. The zero-order chi connectivity index (χ0) is 15.6. The van der Waals surface area contributed by atoms with Crippen molar-refractivity contribution in [1.82, 2.24) is 10.3 Å². The Balaban J connectivity index is 3.09. The lowest BCUT2D eigenvalue weighted by Gasteiger charge is -2.34. The Hall–Kier alpha value is -1.01. The Labute approximate surface area is 124 Å². The molecule has 1 aromatic heterocycles. The monoisotopic (exact) mass is 328 g/mol. The summed E-state index contributed by atoms with van der Waals surface area (Å²) in [5, 5.41) is 1.91. The van der Waals surface area contributed by atoms with Crippen LogP contribution in [0, 0.1) is 0 Å². The number of alkyl halides is 3. The molecule has 0 aliphatic heterocycles. The molecule has 1 rings (SSSR count). The number of halogens is 5. The molecule has 1 heterocycles. The lowest BCUT2D eigenvalue weighted by atomic mass is 9.91. The van der Waals surface area contributed by atoms with E-state index < -0.39 is 17.6 Å². The number of nitrogens with one attached hydrogen (secondary N) is 1. The Morgan fingerprint density at radius 1 is 1.20 bits per heavy atom. The Bertz CT molecular complexity index is 482. The smallest absolute Gasteiger partial charge is 0.338 e. The van der Waals surface area contributed by atoms with Gasteiger partial charge in [-0.2, -0.15) is 13.2 Å². The summed E-state index contributed by atoms with van der Waals surface area (Å²) >= 11 is 11.3. The molecule has 20 heavy (non-hydrogen) atoms. The first-order valence-electron chi connectivity index (χ1n) is 5.87. The van der Waals surface area contributed by atoms with E-state index in [1.807, 2.05) is 5.32 Å². The van der Waals surface area contributed by atoms with E-state index in [9.17, 15) is 18.0 Å². The summed E-state index contributed by atoms with van der Waals surface area (Å²) in [7, 11) is 0. The van der Waals surface area contributed by atoms with E-state index in [-0.39, 0.29) is 28.7 Å². The summed E-state index contributed by atoms with van der Waals surface area (Å²) in [4.78, 5) is 15.6. The zero-order valence-electron chi connectivity index (χ0n) is 10.8. The molecule has 0 aliphatic carbocycles. The fourth-order valence-corrected chi connectivity index (χ4v) is 2.24. The van der Waals surface area contributed by atoms with Crippen LogP contribution in [0.5, 0.6) is 0 Å². The topological polar surface area (TPSA) is 42.0 Å². The molecule has 8 heteroatoms. The van der Waals surface area contributed by atoms with Gasteiger partial charge in [-0.25, -0.2) is 4.98 Å². The summed E-state index contributed by atoms with van der Waals surface area (Å²) in [6.45, 7) is 2.73. The van der Waals surface area contributed by atoms with Crippen LogP contribution in [0.4, 0.5) is 13.2 Å². The van der Waals surface area contributed by atoms with Gasteiger partial charge in [0.1, 0.15) is 15.8 Å². The van der Waals surface area contributed by atoms with Gasteiger partial charge in [-0.05, 0) is 25.0 Å². The molecule has 0 atom stereocenters. The molecule has 0 aliphatic rings. The molecular formula is C12H13Cl2F3N2O. The first-order valence-corrected chi connectivity index (χ1v) is 6.63. The predicted molar refractivity (Wildman–Crippen MR) is 71.1 cm³/mol. The number of carbonyl (C=O) groups excluding carboxylic acids is 1. The highest BCUT2D eigenvalue weighted by Gasteiger charge is 2.53. The van der Waals surface area contributed by atoms with Crippen LogP contribution in [0.25, 0.3) is 0 Å². The molecule has 1 amide bonds. The first kappa shape index (κ1) is 17.0. The number of hydrogen-bond donors (Lipinski definition) is 1. The van der Waals surface area contributed by atoms with Gasteiger partial charge in [0.05, 0.1) is 0 Å². The average Bonchev–Trinajstić information content (AvgIpc) is 2.33. The molecule has 0 radical (unpaired) electrons. The molecule has 1 aromatic rings. The predicted octanol–water partition coefficient (Wildman–Crippen LogP) is 4.24. The third-order valence-corrected chi connectivity index (χ3v) is 3.51. The van der Waals surface area contributed by atoms with Crippen molar-refractivity contribution < 1.29 is 18.0 Å². The highest BCUT2D eigenvalue weighted by atomic mass is 35.5. The third-order valence-electron chi connectivity index (χ3n) is 3.13. The van der Waals surface area contributed by atoms with E-state index in [4.69, 9.17) is 23.2 Å². The van der Waals surface area contributed by atoms with Crippen molar-refractivity contribution in [3.8, 4) is 0 Å². The van der Waals surface area contributed by atoms with Gasteiger partial charge in [-0.15, -0.1) is 0 Å². The van der Waals surface area contributed by atoms with Crippen molar-refractivity contribution in [3.05, 3.63) is 28.0 Å². The summed E-state index contributed by atoms with van der Waals surface area (Å²) in [6.07, 6.45) is -5.09. The summed E-state index contributed by atoms with van der Waals surface area (Å²) in [5.74, 6) is -0.891. The quantitative estimate of drug-likeness (QED) is 0.840. The van der Waals surface area contributed by atoms with Gasteiger partial charge >= 0.3 is 6.18 Å². The Morgan fingerprint density at radius 3 is 2.00 bits per heavy atom. The van der Waals surface area contributed by atoms with Crippen LogP contribution < -0.4 is 5.32 Å². The maximum atomic E-state index is 13.1. The summed E-state index contributed by atoms with van der Waals surface area (Å²) < 4.78 is 39.4. The number of rotatable bonds is 4. The Morgan fingerprint density at radius 2 is 1.65 bits per heavy atom. The maximum absolute atomic E-state index is 13.1. The maximum Gasteiger partial charge on any atom is 0.411 e. The molecule has 0 aromatic carbocycles. The van der Waals surface area contributed by atoms with Gasteiger partial charge in [-0.3, -0.25) is 4.79 Å². The molecule has 112 valence electrons. The zero-order valence-corrected chi connectivity index (χ0v) is 12.3. The van der Waals surface area contributed by atoms with Crippen LogP contribution >= 0.6 is 23.2 Å². The van der Waals surface area contributed by atoms with Crippen molar-refractivity contribution in [3.63, 3.8) is 0 Å². The van der Waals surface area contributed by atoms with E-state index in [1.54, 1.807) is 0 Å². The van der Waals surface area contributed by atoms with Gasteiger partial charge in [0.25, 0.3) is 5.91 Å². The number of aromatic nitrogens is 1. The van der Waals surface area contributed by atoms with E-state index >= 15 is 0 Å². The number of hydrogen-bond acceptors (Lipinski definition) is 2. The summed E-state index contributed by atoms with van der Waals surface area (Å²) in [5.41, 5.74) is -2.34. The number of pyridine rings is 1. The SMILES string of the molecule is CCC(CC)(NC(=O)c1cc(Cl)nc(Cl)c1)C(F)(F)F. The molecule has 0 saturated heterocycles. The number of amides is 1. The molecule has 0 fully saturated rings. The standard InChI is InChI=1S/C12H13Cl2F3N2O/c1-3-11(4-2,12(15,16)17)19-10(20)7-5-8(13)18-9(14)6-7/h5-6H,3-4H2,1-2H3,(H,19,20). The minimum Gasteiger partial charge on any atom is -0.338 e. The molecule has 0 saturated carbocycles. The minimum absolute atomic E-state index is 0.0618. The largest absolute Gasteiger partial charge is 0.411 e. The van der Waals surface area contributed by atoms with Crippen LogP contribution in [0.2, 0.25) is 10.3 Å². The average molecular weight is 329 g/mol. The lowest BCUT2D eigenvalue weighted by molar-refractivity contribution is -0.195. The normalized spacial score (nSPS) is 12.3. The van der Waals surface area contributed by atoms with Gasteiger partial charge in [0.2, 0.25) is 0 Å². The Kier molecular flexibility index (Phi) is 5.27. The van der Waals surface area contributed by atoms with E-state index in [2.05, 4.69) is 4.98 Å². The highest BCUT2D eigenvalue weighted by Crippen LogP contribution is 2.36. The van der Waals surface area contributed by atoms with Gasteiger partial charge in [-0.1, -0.05) is 37.0 Å². The van der Waals surface area contributed by atoms with Crippen LogP contribution in [0.3, 0.4) is 0 Å². The van der Waals surface area contributed by atoms with Crippen molar-refractivity contribution in [2.75, 3.05) is 0 Å². The van der Waals surface area contributed by atoms with Gasteiger partial charge < -0.3 is 5.32 Å². The fourth-order valence-electron chi connectivity index (χ4n) is 1.78. The van der Waals surface area contributed by atoms with E-state index in [1.165, 1.54) is 13.8 Å². The van der Waals surface area contributed by atoms with Crippen LogP contribution in [0.1, 0.15) is 37.0 Å². The second-order valence-electron chi connectivity index (χ2n) is 4.24. The lowest BCUT2D eigenvalue weighted by Crippen LogP contribution is -2.58. The molecule has 0 bridgehead atoms. The van der Waals surface area contributed by atoms with Crippen molar-refractivity contribution in [1.29, 1.82) is 0 Å². The summed E-state index contributed by atoms with van der Waals surface area (Å²) in [6, 6.07) is 2.32. The van der Waals surface area contributed by atoms with Crippen LogP contribution in [-0.4, -0.2) is 22.6 Å². The van der Waals surface area contributed by atoms with E-state index in [0.717, 1.165) is 12.1 Å². The van der Waals surface area contributed by atoms with Crippen molar-refractivity contribution in [2.24, 2.45) is 0 Å². The number of carbonyl (C=O) groups is 1. The third kappa shape index (κ3) is 3.55. The van der Waals surface area contributed by atoms with Crippen LogP contribution in [-0.2, 0) is 0 Å². The molecule has 1 N–H and O–H groups in total.